The molecule has 2 N–H and O–H groups in total. The molecule has 4 heteroatoms. The number of ether oxygens (including phenoxy) is 1. The number of nitrogens with one attached hydrogen (secondary N) is 2. The highest BCUT2D eigenvalue weighted by molar-refractivity contribution is 5.82. The van der Waals surface area contributed by atoms with Gasteiger partial charge in [0.05, 0.1) is 18.7 Å². The Kier molecular flexibility index (Phi) is 2.80. The van der Waals surface area contributed by atoms with E-state index < -0.39 is 0 Å². The molecule has 2 unspecified atom stereocenters. The van der Waals surface area contributed by atoms with Crippen molar-refractivity contribution in [1.82, 2.24) is 10.6 Å². The summed E-state index contributed by atoms with van der Waals surface area (Å²) in [5, 5.41) is 6.08. The van der Waals surface area contributed by atoms with E-state index in [-0.39, 0.29) is 18.0 Å². The van der Waals surface area contributed by atoms with Crippen LogP contribution in [0, 0.1) is 0 Å². The lowest BCUT2D eigenvalue weighted by Crippen LogP contribution is -2.56. The third kappa shape index (κ3) is 2.19. The van der Waals surface area contributed by atoms with Crippen LogP contribution in [0.25, 0.3) is 0 Å². The van der Waals surface area contributed by atoms with E-state index in [0.29, 0.717) is 6.61 Å². The number of carbonyl (C=O) groups excluding carboxylic acids is 1. The van der Waals surface area contributed by atoms with Gasteiger partial charge < -0.3 is 15.4 Å². The van der Waals surface area contributed by atoms with E-state index in [9.17, 15) is 4.79 Å². The highest BCUT2D eigenvalue weighted by Gasteiger charge is 2.26. The first-order valence-electron chi connectivity index (χ1n) is 4.98. The van der Waals surface area contributed by atoms with Crippen LogP contribution in [-0.4, -0.2) is 37.7 Å². The molecular weight excluding hydrogens is 168 g/mol. The van der Waals surface area contributed by atoms with Gasteiger partial charge in [-0.05, 0) is 25.8 Å². The topological polar surface area (TPSA) is 50.4 Å². The molecule has 2 aliphatic heterocycles. The minimum Gasteiger partial charge on any atom is -0.379 e. The summed E-state index contributed by atoms with van der Waals surface area (Å²) in [7, 11) is 0. The van der Waals surface area contributed by atoms with Crippen LogP contribution < -0.4 is 10.6 Å². The van der Waals surface area contributed by atoms with Gasteiger partial charge in [-0.25, -0.2) is 0 Å². The molecule has 0 radical (unpaired) electrons. The number of hydrogen-bond acceptors (Lipinski definition) is 3. The maximum atomic E-state index is 11.5. The summed E-state index contributed by atoms with van der Waals surface area (Å²) < 4.78 is 5.28. The predicted octanol–water partition coefficient (Wildman–Crippen LogP) is -0.357. The Morgan fingerprint density at radius 3 is 2.85 bits per heavy atom. The van der Waals surface area contributed by atoms with E-state index in [2.05, 4.69) is 10.6 Å². The van der Waals surface area contributed by atoms with E-state index >= 15 is 0 Å². The van der Waals surface area contributed by atoms with E-state index in [0.717, 1.165) is 32.4 Å². The maximum absolute atomic E-state index is 11.5. The fraction of sp³-hybridized carbons (Fsp3) is 0.889. The van der Waals surface area contributed by atoms with Crippen molar-refractivity contribution in [3.8, 4) is 0 Å². The second-order valence-electron chi connectivity index (χ2n) is 3.72. The Morgan fingerprint density at radius 1 is 1.46 bits per heavy atom. The summed E-state index contributed by atoms with van der Waals surface area (Å²) in [4.78, 5) is 11.5. The molecule has 2 aliphatic rings. The molecule has 2 fully saturated rings. The normalized spacial score (nSPS) is 33.5. The fourth-order valence-corrected chi connectivity index (χ4v) is 1.67. The molecule has 74 valence electrons. The van der Waals surface area contributed by atoms with Crippen LogP contribution in [0.5, 0.6) is 0 Å². The highest BCUT2D eigenvalue weighted by Crippen LogP contribution is 2.08. The van der Waals surface area contributed by atoms with Crippen molar-refractivity contribution in [3.63, 3.8) is 0 Å². The van der Waals surface area contributed by atoms with Gasteiger partial charge in [0.2, 0.25) is 5.91 Å². The van der Waals surface area contributed by atoms with E-state index in [1.54, 1.807) is 0 Å². The van der Waals surface area contributed by atoms with Gasteiger partial charge in [-0.15, -0.1) is 0 Å². The van der Waals surface area contributed by atoms with Gasteiger partial charge in [-0.1, -0.05) is 0 Å². The summed E-state index contributed by atoms with van der Waals surface area (Å²) in [6, 6.07) is 0.297. The number of rotatable bonds is 2. The standard InChI is InChI=1S/C9H16N2O2/c12-9(8-3-4-10-8)11-7-2-1-5-13-6-7/h7-8,10H,1-6H2,(H,11,12). The smallest absolute Gasteiger partial charge is 0.237 e. The summed E-state index contributed by atoms with van der Waals surface area (Å²) in [5.41, 5.74) is 0. The van der Waals surface area contributed by atoms with Crippen LogP contribution in [0.4, 0.5) is 0 Å². The van der Waals surface area contributed by atoms with E-state index in [1.807, 2.05) is 0 Å². The molecular formula is C9H16N2O2. The molecule has 1 amide bonds. The summed E-state index contributed by atoms with van der Waals surface area (Å²) in [5.74, 6) is 0.141. The molecule has 0 bridgehead atoms. The Bertz CT molecular complexity index is 186. The molecule has 2 rings (SSSR count). The molecule has 2 atom stereocenters. The Balaban J connectivity index is 1.72. The molecule has 0 spiro atoms. The van der Waals surface area contributed by atoms with E-state index in [1.165, 1.54) is 0 Å². The van der Waals surface area contributed by atoms with Crippen molar-refractivity contribution in [3.05, 3.63) is 0 Å². The van der Waals surface area contributed by atoms with Gasteiger partial charge in [0.1, 0.15) is 0 Å². The predicted molar refractivity (Wildman–Crippen MR) is 48.4 cm³/mol. The van der Waals surface area contributed by atoms with E-state index in [4.69, 9.17) is 4.74 Å². The zero-order valence-electron chi connectivity index (χ0n) is 7.71. The minimum atomic E-state index is 0.0573. The van der Waals surface area contributed by atoms with Crippen molar-refractivity contribution in [1.29, 1.82) is 0 Å². The Morgan fingerprint density at radius 2 is 2.31 bits per heavy atom. The second-order valence-corrected chi connectivity index (χ2v) is 3.72. The monoisotopic (exact) mass is 184 g/mol. The first kappa shape index (κ1) is 8.97. The van der Waals surface area contributed by atoms with Gasteiger partial charge >= 0.3 is 0 Å². The van der Waals surface area contributed by atoms with Crippen molar-refractivity contribution in [2.45, 2.75) is 31.3 Å². The molecule has 2 heterocycles. The minimum absolute atomic E-state index is 0.0573. The van der Waals surface area contributed by atoms with Gasteiger partial charge in [-0.3, -0.25) is 4.79 Å². The molecule has 0 aromatic rings. The molecule has 0 aliphatic carbocycles. The Hall–Kier alpha value is -0.610. The summed E-state index contributed by atoms with van der Waals surface area (Å²) in [6.45, 7) is 2.49. The quantitative estimate of drug-likeness (QED) is 0.616. The van der Waals surface area contributed by atoms with Gasteiger partial charge in [0.15, 0.2) is 0 Å². The van der Waals surface area contributed by atoms with Crippen molar-refractivity contribution in [2.75, 3.05) is 19.8 Å². The molecule has 13 heavy (non-hydrogen) atoms. The van der Waals surface area contributed by atoms with Crippen molar-refractivity contribution < 1.29 is 9.53 Å². The lowest BCUT2D eigenvalue weighted by molar-refractivity contribution is -0.126. The van der Waals surface area contributed by atoms with Crippen molar-refractivity contribution >= 4 is 5.91 Å². The van der Waals surface area contributed by atoms with Crippen LogP contribution in [0.1, 0.15) is 19.3 Å². The first-order valence-corrected chi connectivity index (χ1v) is 4.98. The molecule has 2 saturated heterocycles. The maximum Gasteiger partial charge on any atom is 0.237 e. The SMILES string of the molecule is O=C(NC1CCCOC1)C1CCN1. The van der Waals surface area contributed by atoms with Crippen LogP contribution in [0.15, 0.2) is 0 Å². The van der Waals surface area contributed by atoms with Crippen LogP contribution >= 0.6 is 0 Å². The van der Waals surface area contributed by atoms with Crippen LogP contribution in [0.3, 0.4) is 0 Å². The van der Waals surface area contributed by atoms with Gasteiger partial charge in [0, 0.05) is 6.61 Å². The lowest BCUT2D eigenvalue weighted by atomic mass is 10.1. The van der Waals surface area contributed by atoms with Gasteiger partial charge in [0.25, 0.3) is 0 Å². The lowest BCUT2D eigenvalue weighted by Gasteiger charge is -2.30. The second kappa shape index (κ2) is 4.07. The van der Waals surface area contributed by atoms with Gasteiger partial charge in [-0.2, -0.15) is 0 Å². The highest BCUT2D eigenvalue weighted by atomic mass is 16.5. The number of carbonyl (C=O) groups is 1. The summed E-state index contributed by atoms with van der Waals surface area (Å²) in [6.07, 6.45) is 3.08. The van der Waals surface area contributed by atoms with Crippen LogP contribution in [-0.2, 0) is 9.53 Å². The Labute approximate surface area is 78.0 Å². The zero-order valence-corrected chi connectivity index (χ0v) is 7.71. The average Bonchev–Trinajstić information content (AvgIpc) is 2.02. The number of hydrogen-bond donors (Lipinski definition) is 2. The third-order valence-corrected chi connectivity index (χ3v) is 2.65. The molecule has 4 nitrogen and oxygen atoms in total. The molecule has 0 saturated carbocycles. The largest absolute Gasteiger partial charge is 0.379 e. The molecule has 0 aromatic carbocycles. The van der Waals surface area contributed by atoms with Crippen LogP contribution in [0.2, 0.25) is 0 Å². The van der Waals surface area contributed by atoms with Crippen molar-refractivity contribution in [2.24, 2.45) is 0 Å². The third-order valence-electron chi connectivity index (χ3n) is 2.65. The average molecular weight is 184 g/mol. The number of amides is 1. The summed E-state index contributed by atoms with van der Waals surface area (Å²) >= 11 is 0. The zero-order chi connectivity index (χ0) is 9.10. The first-order chi connectivity index (χ1) is 6.36. The fourth-order valence-electron chi connectivity index (χ4n) is 1.67. The molecule has 0 aromatic heterocycles.